The zero-order valence-electron chi connectivity index (χ0n) is 11.1. The Kier molecular flexibility index (Phi) is 5.86. The first kappa shape index (κ1) is 14.5. The molecule has 104 valence electrons. The van der Waals surface area contributed by atoms with Gasteiger partial charge in [-0.15, -0.1) is 0 Å². The van der Waals surface area contributed by atoms with Gasteiger partial charge in [-0.2, -0.15) is 0 Å². The summed E-state index contributed by atoms with van der Waals surface area (Å²) in [6.45, 7) is 2.91. The molecular formula is C15H21BrN2O. The normalized spacial score (nSPS) is 18.5. The highest BCUT2D eigenvalue weighted by molar-refractivity contribution is 9.10. The zero-order chi connectivity index (χ0) is 13.5. The summed E-state index contributed by atoms with van der Waals surface area (Å²) >= 11 is 3.41. The molecule has 1 aliphatic heterocycles. The summed E-state index contributed by atoms with van der Waals surface area (Å²) in [5.74, 6) is 0.876. The Morgan fingerprint density at radius 2 is 2.16 bits per heavy atom. The first-order valence-corrected chi connectivity index (χ1v) is 7.75. The maximum atomic E-state index is 11.7. The summed E-state index contributed by atoms with van der Waals surface area (Å²) in [7, 11) is 0. The second-order valence-corrected chi connectivity index (χ2v) is 6.04. The molecule has 0 aliphatic carbocycles. The van der Waals surface area contributed by atoms with Gasteiger partial charge in [0.15, 0.2) is 0 Å². The molecule has 19 heavy (non-hydrogen) atoms. The first-order valence-electron chi connectivity index (χ1n) is 6.96. The Balaban J connectivity index is 1.59. The van der Waals surface area contributed by atoms with Gasteiger partial charge in [0.2, 0.25) is 5.91 Å². The van der Waals surface area contributed by atoms with Crippen LogP contribution in [0.3, 0.4) is 0 Å². The van der Waals surface area contributed by atoms with Crippen LogP contribution >= 0.6 is 15.9 Å². The van der Waals surface area contributed by atoms with Gasteiger partial charge < -0.3 is 10.6 Å². The maximum absolute atomic E-state index is 11.7. The van der Waals surface area contributed by atoms with Crippen molar-refractivity contribution in [1.29, 1.82) is 0 Å². The minimum absolute atomic E-state index is 0.184. The van der Waals surface area contributed by atoms with Gasteiger partial charge in [-0.1, -0.05) is 28.1 Å². The van der Waals surface area contributed by atoms with Crippen molar-refractivity contribution in [1.82, 2.24) is 10.6 Å². The predicted octanol–water partition coefficient (Wildman–Crippen LogP) is 2.50. The van der Waals surface area contributed by atoms with E-state index in [4.69, 9.17) is 0 Å². The Labute approximate surface area is 123 Å². The molecule has 4 heteroatoms. The number of hydrogen-bond acceptors (Lipinski definition) is 2. The summed E-state index contributed by atoms with van der Waals surface area (Å²) in [6, 6.07) is 8.23. The quantitative estimate of drug-likeness (QED) is 0.844. The maximum Gasteiger partial charge on any atom is 0.220 e. The minimum Gasteiger partial charge on any atom is -0.356 e. The summed E-state index contributed by atoms with van der Waals surface area (Å²) < 4.78 is 1.09. The average Bonchev–Trinajstić information content (AvgIpc) is 2.92. The summed E-state index contributed by atoms with van der Waals surface area (Å²) in [6.07, 6.45) is 3.78. The molecule has 2 rings (SSSR count). The van der Waals surface area contributed by atoms with E-state index in [-0.39, 0.29) is 5.91 Å². The van der Waals surface area contributed by atoms with Crippen molar-refractivity contribution < 1.29 is 4.79 Å². The number of benzene rings is 1. The third-order valence-electron chi connectivity index (χ3n) is 3.59. The van der Waals surface area contributed by atoms with E-state index in [1.807, 2.05) is 12.1 Å². The third-order valence-corrected chi connectivity index (χ3v) is 4.12. The van der Waals surface area contributed by atoms with Gasteiger partial charge in [-0.05, 0) is 56.0 Å². The van der Waals surface area contributed by atoms with Gasteiger partial charge in [0.1, 0.15) is 0 Å². The third kappa shape index (κ3) is 5.33. The second-order valence-electron chi connectivity index (χ2n) is 5.12. The highest BCUT2D eigenvalue weighted by atomic mass is 79.9. The van der Waals surface area contributed by atoms with E-state index in [1.165, 1.54) is 12.0 Å². The molecule has 1 fully saturated rings. The topological polar surface area (TPSA) is 41.1 Å². The molecule has 0 saturated carbocycles. The lowest BCUT2D eigenvalue weighted by Gasteiger charge is -2.08. The fourth-order valence-corrected chi connectivity index (χ4v) is 2.65. The van der Waals surface area contributed by atoms with Crippen molar-refractivity contribution in [2.75, 3.05) is 19.6 Å². The standard InChI is InChI=1S/C15H21BrN2O/c16-14-4-1-12(2-5-14)8-10-18-15(19)6-3-13-7-9-17-11-13/h1-2,4-5,13,17H,3,6-11H2,(H,18,19). The van der Waals surface area contributed by atoms with Crippen molar-refractivity contribution in [3.8, 4) is 0 Å². The van der Waals surface area contributed by atoms with Crippen molar-refractivity contribution in [3.63, 3.8) is 0 Å². The summed E-state index contributed by atoms with van der Waals surface area (Å²) in [4.78, 5) is 11.7. The molecule has 1 atom stereocenters. The zero-order valence-corrected chi connectivity index (χ0v) is 12.7. The number of hydrogen-bond donors (Lipinski definition) is 2. The van der Waals surface area contributed by atoms with Crippen LogP contribution in [0.1, 0.15) is 24.8 Å². The Hall–Kier alpha value is -0.870. The molecule has 1 amide bonds. The van der Waals surface area contributed by atoms with Crippen LogP contribution in [0.4, 0.5) is 0 Å². The SMILES string of the molecule is O=C(CCC1CCNC1)NCCc1ccc(Br)cc1. The van der Waals surface area contributed by atoms with E-state index >= 15 is 0 Å². The smallest absolute Gasteiger partial charge is 0.220 e. The van der Waals surface area contributed by atoms with Crippen molar-refractivity contribution in [3.05, 3.63) is 34.3 Å². The molecule has 0 bridgehead atoms. The lowest BCUT2D eigenvalue weighted by atomic mass is 10.0. The van der Waals surface area contributed by atoms with Gasteiger partial charge in [0, 0.05) is 17.4 Å². The lowest BCUT2D eigenvalue weighted by molar-refractivity contribution is -0.121. The van der Waals surface area contributed by atoms with Gasteiger partial charge in [0.25, 0.3) is 0 Å². The average molecular weight is 325 g/mol. The largest absolute Gasteiger partial charge is 0.356 e. The number of rotatable bonds is 6. The molecule has 1 saturated heterocycles. The number of carbonyl (C=O) groups is 1. The van der Waals surface area contributed by atoms with E-state index in [1.54, 1.807) is 0 Å². The van der Waals surface area contributed by atoms with E-state index in [9.17, 15) is 4.79 Å². The fraction of sp³-hybridized carbons (Fsp3) is 0.533. The monoisotopic (exact) mass is 324 g/mol. The Morgan fingerprint density at radius 3 is 2.84 bits per heavy atom. The van der Waals surface area contributed by atoms with Crippen molar-refractivity contribution in [2.24, 2.45) is 5.92 Å². The number of amides is 1. The van der Waals surface area contributed by atoms with Crippen molar-refractivity contribution >= 4 is 21.8 Å². The molecule has 1 aromatic rings. The van der Waals surface area contributed by atoms with E-state index in [2.05, 4.69) is 38.7 Å². The number of halogens is 1. The van der Waals surface area contributed by atoms with Crippen LogP contribution in [-0.2, 0) is 11.2 Å². The number of nitrogens with one attached hydrogen (secondary N) is 2. The molecule has 1 aromatic carbocycles. The van der Waals surface area contributed by atoms with Gasteiger partial charge in [0.05, 0.1) is 0 Å². The predicted molar refractivity (Wildman–Crippen MR) is 81.1 cm³/mol. The van der Waals surface area contributed by atoms with Crippen LogP contribution in [0.25, 0.3) is 0 Å². The van der Waals surface area contributed by atoms with Crippen LogP contribution < -0.4 is 10.6 Å². The molecule has 0 spiro atoms. The molecule has 2 N–H and O–H groups in total. The van der Waals surface area contributed by atoms with E-state index < -0.39 is 0 Å². The number of carbonyl (C=O) groups excluding carboxylic acids is 1. The van der Waals surface area contributed by atoms with Crippen LogP contribution in [0, 0.1) is 5.92 Å². The van der Waals surface area contributed by atoms with Gasteiger partial charge in [-0.25, -0.2) is 0 Å². The van der Waals surface area contributed by atoms with Crippen LogP contribution in [0.5, 0.6) is 0 Å². The molecular weight excluding hydrogens is 304 g/mol. The molecule has 1 unspecified atom stereocenters. The van der Waals surface area contributed by atoms with Crippen LogP contribution in [0.2, 0.25) is 0 Å². The van der Waals surface area contributed by atoms with E-state index in [0.717, 1.165) is 36.9 Å². The fourth-order valence-electron chi connectivity index (χ4n) is 2.38. The summed E-state index contributed by atoms with van der Waals surface area (Å²) in [5.41, 5.74) is 1.25. The highest BCUT2D eigenvalue weighted by Gasteiger charge is 2.15. The highest BCUT2D eigenvalue weighted by Crippen LogP contribution is 2.14. The summed E-state index contributed by atoms with van der Waals surface area (Å²) in [5, 5.41) is 6.33. The molecule has 1 aliphatic rings. The van der Waals surface area contributed by atoms with Crippen molar-refractivity contribution in [2.45, 2.75) is 25.7 Å². The molecule has 1 heterocycles. The molecule has 0 radical (unpaired) electrons. The molecule has 3 nitrogen and oxygen atoms in total. The van der Waals surface area contributed by atoms with Gasteiger partial charge in [-0.3, -0.25) is 4.79 Å². The Morgan fingerprint density at radius 1 is 1.37 bits per heavy atom. The molecule has 0 aromatic heterocycles. The minimum atomic E-state index is 0.184. The lowest BCUT2D eigenvalue weighted by Crippen LogP contribution is -2.26. The second kappa shape index (κ2) is 7.65. The van der Waals surface area contributed by atoms with Crippen LogP contribution in [0.15, 0.2) is 28.7 Å². The first-order chi connectivity index (χ1) is 9.24. The van der Waals surface area contributed by atoms with Crippen LogP contribution in [-0.4, -0.2) is 25.5 Å². The van der Waals surface area contributed by atoms with E-state index in [0.29, 0.717) is 12.3 Å². The Bertz CT molecular complexity index is 399. The van der Waals surface area contributed by atoms with Gasteiger partial charge >= 0.3 is 0 Å².